The molecular formula is C46H56S2. The molecule has 0 nitrogen and oxygen atoms in total. The maximum atomic E-state index is 2.58. The van der Waals surface area contributed by atoms with Gasteiger partial charge in [0.2, 0.25) is 0 Å². The van der Waals surface area contributed by atoms with E-state index < -0.39 is 0 Å². The Kier molecular flexibility index (Phi) is 8.20. The molecule has 0 fully saturated rings. The number of hydrogen-bond acceptors (Lipinski definition) is 2. The zero-order valence-electron chi connectivity index (χ0n) is 31.7. The largest absolute Gasteiger partial charge is 0.152 e. The van der Waals surface area contributed by atoms with Crippen molar-refractivity contribution in [3.8, 4) is 22.3 Å². The Morgan fingerprint density at radius 3 is 0.708 bits per heavy atom. The van der Waals surface area contributed by atoms with Crippen molar-refractivity contribution in [2.45, 2.75) is 141 Å². The maximum absolute atomic E-state index is 2.58. The molecule has 2 heteroatoms. The van der Waals surface area contributed by atoms with Gasteiger partial charge in [-0.2, -0.15) is 23.5 Å². The molecule has 1 aliphatic heterocycles. The molecule has 4 aromatic rings. The van der Waals surface area contributed by atoms with Crippen LogP contribution in [0.25, 0.3) is 22.3 Å². The van der Waals surface area contributed by atoms with Gasteiger partial charge in [-0.15, -0.1) is 0 Å². The van der Waals surface area contributed by atoms with Crippen LogP contribution in [0.1, 0.15) is 150 Å². The molecule has 0 radical (unpaired) electrons. The maximum Gasteiger partial charge on any atom is 0.0190 e. The van der Waals surface area contributed by atoms with E-state index in [0.717, 1.165) is 35.9 Å². The molecule has 7 rings (SSSR count). The van der Waals surface area contributed by atoms with Crippen molar-refractivity contribution < 1.29 is 0 Å². The van der Waals surface area contributed by atoms with Crippen LogP contribution in [-0.4, -0.2) is 0 Å². The summed E-state index contributed by atoms with van der Waals surface area (Å²) in [4.78, 5) is 0. The van der Waals surface area contributed by atoms with E-state index in [-0.39, 0.29) is 21.7 Å². The number of benzene rings is 4. The lowest BCUT2D eigenvalue weighted by molar-refractivity contribution is 0.584. The molecule has 0 amide bonds. The molecule has 0 aromatic heterocycles. The van der Waals surface area contributed by atoms with Gasteiger partial charge in [0.1, 0.15) is 0 Å². The van der Waals surface area contributed by atoms with Crippen LogP contribution in [0.3, 0.4) is 0 Å². The van der Waals surface area contributed by atoms with E-state index in [2.05, 4.69) is 155 Å². The van der Waals surface area contributed by atoms with E-state index in [4.69, 9.17) is 0 Å². The Balaban J connectivity index is 1.41. The van der Waals surface area contributed by atoms with Crippen LogP contribution in [0.2, 0.25) is 0 Å². The van der Waals surface area contributed by atoms with Gasteiger partial charge in [0.05, 0.1) is 0 Å². The minimum atomic E-state index is 0.0902. The summed E-state index contributed by atoms with van der Waals surface area (Å²) in [6.45, 7) is 28.8. The van der Waals surface area contributed by atoms with Crippen molar-refractivity contribution in [3.63, 3.8) is 0 Å². The Labute approximate surface area is 300 Å². The van der Waals surface area contributed by atoms with Crippen LogP contribution in [0.15, 0.2) is 48.5 Å². The first-order valence-electron chi connectivity index (χ1n) is 18.1. The van der Waals surface area contributed by atoms with Crippen molar-refractivity contribution in [1.29, 1.82) is 0 Å². The zero-order chi connectivity index (χ0) is 34.6. The monoisotopic (exact) mass is 672 g/mol. The lowest BCUT2D eigenvalue weighted by Gasteiger charge is -2.27. The molecule has 0 N–H and O–H groups in total. The summed E-state index contributed by atoms with van der Waals surface area (Å²) < 4.78 is 0. The van der Waals surface area contributed by atoms with Crippen molar-refractivity contribution in [2.75, 3.05) is 0 Å². The number of thioether (sulfide) groups is 2. The molecule has 0 saturated heterocycles. The Hall–Kier alpha value is -2.42. The summed E-state index contributed by atoms with van der Waals surface area (Å²) >= 11 is 4.21. The standard InChI is InChI=1S/C46H56S2/c1-43(2,3)39-19-35-27-13-28-16-33(40(20-36(28)35)44(4,5)6)25-48-26-34-18-30-14-29-17-32(24-47-23-31(39)15-27)41(45(7,8)9)21-37(29)38(30)22-42(34)46(10,11)12/h15-22H,13-14,23-26H2,1-12H3. The van der Waals surface area contributed by atoms with Gasteiger partial charge in [0.25, 0.3) is 0 Å². The molecule has 252 valence electrons. The minimum absolute atomic E-state index is 0.0902. The van der Waals surface area contributed by atoms with Gasteiger partial charge in [-0.3, -0.25) is 0 Å². The quantitative estimate of drug-likeness (QED) is 0.157. The molecule has 4 aromatic carbocycles. The van der Waals surface area contributed by atoms with Crippen LogP contribution < -0.4 is 0 Å². The van der Waals surface area contributed by atoms with Crippen molar-refractivity contribution in [1.82, 2.24) is 0 Å². The topological polar surface area (TPSA) is 0 Å². The molecule has 0 atom stereocenters. The summed E-state index contributed by atoms with van der Waals surface area (Å²) in [6.07, 6.45) is 2.10. The normalized spacial score (nSPS) is 16.1. The summed E-state index contributed by atoms with van der Waals surface area (Å²) in [7, 11) is 0. The summed E-state index contributed by atoms with van der Waals surface area (Å²) in [5, 5.41) is 0. The van der Waals surface area contributed by atoms with Crippen LogP contribution in [0, 0.1) is 0 Å². The van der Waals surface area contributed by atoms with Crippen molar-refractivity contribution in [2.24, 2.45) is 0 Å². The highest BCUT2D eigenvalue weighted by Gasteiger charge is 2.31. The summed E-state index contributed by atoms with van der Waals surface area (Å²) in [6, 6.07) is 20.7. The minimum Gasteiger partial charge on any atom is -0.152 e. The van der Waals surface area contributed by atoms with Gasteiger partial charge in [-0.1, -0.05) is 132 Å². The number of rotatable bonds is 0. The van der Waals surface area contributed by atoms with E-state index in [1.807, 2.05) is 0 Å². The van der Waals surface area contributed by atoms with Gasteiger partial charge in [0.15, 0.2) is 0 Å². The van der Waals surface area contributed by atoms with Gasteiger partial charge >= 0.3 is 0 Å². The van der Waals surface area contributed by atoms with Gasteiger partial charge in [0, 0.05) is 23.0 Å². The average Bonchev–Trinajstić information content (AvgIpc) is 3.48. The molecule has 2 aliphatic carbocycles. The molecule has 3 aliphatic rings. The second-order valence-corrected chi connectivity index (χ2v) is 21.0. The van der Waals surface area contributed by atoms with Gasteiger partial charge < -0.3 is 0 Å². The molecule has 1 heterocycles. The Bertz CT molecular complexity index is 1660. The smallest absolute Gasteiger partial charge is 0.0190 e. The second-order valence-electron chi connectivity index (χ2n) is 19.0. The van der Waals surface area contributed by atoms with Crippen LogP contribution in [0.5, 0.6) is 0 Å². The van der Waals surface area contributed by atoms with Gasteiger partial charge in [-0.05, 0) is 124 Å². The predicted octanol–water partition coefficient (Wildman–Crippen LogP) is 13.2. The molecule has 48 heavy (non-hydrogen) atoms. The van der Waals surface area contributed by atoms with E-state index in [0.29, 0.717) is 0 Å². The second kappa shape index (κ2) is 11.6. The SMILES string of the molecule is CC(C)(C)c1cc2c3cc1CSCc1cc4c(cc1C(C)(C)C)-c1cc(C(C)(C)C)c(cc1C4)CSCc1cc(c-2cc1C(C)(C)C)C3. The highest BCUT2D eigenvalue weighted by atomic mass is 32.2. The summed E-state index contributed by atoms with van der Waals surface area (Å²) in [5.41, 5.74) is 24.4. The predicted molar refractivity (Wildman–Crippen MR) is 214 cm³/mol. The fourth-order valence-corrected chi connectivity index (χ4v) is 10.6. The third-order valence-electron chi connectivity index (χ3n) is 10.9. The number of hydrogen-bond donors (Lipinski definition) is 0. The Morgan fingerprint density at radius 1 is 0.312 bits per heavy atom. The van der Waals surface area contributed by atoms with E-state index >= 15 is 0 Å². The molecule has 8 bridgehead atoms. The first kappa shape index (κ1) is 34.0. The molecule has 0 unspecified atom stereocenters. The van der Waals surface area contributed by atoms with Crippen LogP contribution >= 0.6 is 23.5 Å². The summed E-state index contributed by atoms with van der Waals surface area (Å²) in [5.74, 6) is 4.18. The molecule has 0 saturated carbocycles. The van der Waals surface area contributed by atoms with E-state index in [1.54, 1.807) is 0 Å². The molecule has 0 spiro atoms. The number of fused-ring (bicyclic) bond motifs is 6. The van der Waals surface area contributed by atoms with Crippen molar-refractivity contribution >= 4 is 23.5 Å². The Morgan fingerprint density at radius 2 is 0.521 bits per heavy atom. The van der Waals surface area contributed by atoms with Gasteiger partial charge in [-0.25, -0.2) is 0 Å². The highest BCUT2D eigenvalue weighted by molar-refractivity contribution is 7.98. The van der Waals surface area contributed by atoms with E-state index in [1.165, 1.54) is 89.0 Å². The first-order valence-corrected chi connectivity index (χ1v) is 20.4. The first-order chi connectivity index (χ1) is 22.3. The average molecular weight is 673 g/mol. The highest BCUT2D eigenvalue weighted by Crippen LogP contribution is 2.47. The molecular weight excluding hydrogens is 617 g/mol. The lowest BCUT2D eigenvalue weighted by atomic mass is 9.80. The van der Waals surface area contributed by atoms with Crippen LogP contribution in [-0.2, 0) is 57.5 Å². The zero-order valence-corrected chi connectivity index (χ0v) is 33.3. The van der Waals surface area contributed by atoms with E-state index in [9.17, 15) is 0 Å². The van der Waals surface area contributed by atoms with Crippen molar-refractivity contribution in [3.05, 3.63) is 115 Å². The fourth-order valence-electron chi connectivity index (χ4n) is 8.59. The third kappa shape index (κ3) is 6.12. The fraction of sp³-hybridized carbons (Fsp3) is 0.478. The van der Waals surface area contributed by atoms with Crippen LogP contribution in [0.4, 0.5) is 0 Å². The lowest BCUT2D eigenvalue weighted by Crippen LogP contribution is -2.16. The third-order valence-corrected chi connectivity index (χ3v) is 13.0.